The van der Waals surface area contributed by atoms with Crippen molar-refractivity contribution in [3.8, 4) is 11.5 Å². The number of hydrogen-bond acceptors (Lipinski definition) is 6. The van der Waals surface area contributed by atoms with Crippen molar-refractivity contribution >= 4 is 40.1 Å². The fraction of sp³-hybridized carbons (Fsp3) is 0.222. The standard InChI is InChI=1S/C27H26FN3O4S/c1-34-22-13-12-18(16-23(22)35-2)14-15-31-26(33)24(17-25(32)29-19-8-4-3-5-9-19)36-27(31)30-21-11-7-6-10-20(21)28/h3-13,16,24H,14-15,17H2,1-2H3,(H,29,32)/t24-/m1/s1. The van der Waals surface area contributed by atoms with Crippen molar-refractivity contribution in [2.24, 2.45) is 4.99 Å². The normalized spacial score (nSPS) is 16.3. The summed E-state index contributed by atoms with van der Waals surface area (Å²) in [6, 6.07) is 20.7. The van der Waals surface area contributed by atoms with Crippen LogP contribution in [0.3, 0.4) is 0 Å². The summed E-state index contributed by atoms with van der Waals surface area (Å²) >= 11 is 1.17. The number of nitrogens with zero attached hydrogens (tertiary/aromatic N) is 2. The maximum Gasteiger partial charge on any atom is 0.242 e. The van der Waals surface area contributed by atoms with Crippen molar-refractivity contribution < 1.29 is 23.5 Å². The number of amidine groups is 1. The number of nitrogens with one attached hydrogen (secondary N) is 1. The minimum atomic E-state index is -0.662. The largest absolute Gasteiger partial charge is 0.493 e. The molecule has 9 heteroatoms. The Balaban J connectivity index is 1.53. The molecule has 36 heavy (non-hydrogen) atoms. The lowest BCUT2D eigenvalue weighted by Crippen LogP contribution is -2.35. The van der Waals surface area contributed by atoms with Crippen molar-refractivity contribution in [2.45, 2.75) is 18.1 Å². The maximum absolute atomic E-state index is 14.3. The third-order valence-electron chi connectivity index (χ3n) is 5.59. The maximum atomic E-state index is 14.3. The Morgan fingerprint density at radius 1 is 1.03 bits per heavy atom. The van der Waals surface area contributed by atoms with Crippen LogP contribution < -0.4 is 14.8 Å². The zero-order chi connectivity index (χ0) is 25.5. The highest BCUT2D eigenvalue weighted by molar-refractivity contribution is 8.15. The highest BCUT2D eigenvalue weighted by Gasteiger charge is 2.39. The Hall–Kier alpha value is -3.85. The lowest BCUT2D eigenvalue weighted by molar-refractivity contribution is -0.128. The fourth-order valence-corrected chi connectivity index (χ4v) is 4.93. The molecule has 1 heterocycles. The van der Waals surface area contributed by atoms with Crippen LogP contribution in [0.5, 0.6) is 11.5 Å². The second-order valence-electron chi connectivity index (χ2n) is 8.00. The molecule has 0 spiro atoms. The molecular formula is C27H26FN3O4S. The Bertz CT molecular complexity index is 1270. The molecule has 1 fully saturated rings. The van der Waals surface area contributed by atoms with Gasteiger partial charge in [-0.15, -0.1) is 0 Å². The van der Waals surface area contributed by atoms with E-state index in [1.165, 1.54) is 22.7 Å². The topological polar surface area (TPSA) is 80.2 Å². The number of ether oxygens (including phenoxy) is 2. The molecule has 186 valence electrons. The first kappa shape index (κ1) is 25.2. The Morgan fingerprint density at radius 2 is 1.75 bits per heavy atom. The summed E-state index contributed by atoms with van der Waals surface area (Å²) < 4.78 is 25.0. The molecule has 0 radical (unpaired) electrons. The van der Waals surface area contributed by atoms with E-state index in [4.69, 9.17) is 9.47 Å². The molecule has 4 rings (SSSR count). The number of amides is 2. The van der Waals surface area contributed by atoms with E-state index in [9.17, 15) is 14.0 Å². The van der Waals surface area contributed by atoms with E-state index in [0.29, 0.717) is 35.3 Å². The summed E-state index contributed by atoms with van der Waals surface area (Å²) in [5.74, 6) is 0.203. The molecule has 1 atom stereocenters. The van der Waals surface area contributed by atoms with Crippen molar-refractivity contribution in [3.63, 3.8) is 0 Å². The number of rotatable bonds is 9. The van der Waals surface area contributed by atoms with Crippen molar-refractivity contribution in [2.75, 3.05) is 26.1 Å². The van der Waals surface area contributed by atoms with E-state index < -0.39 is 11.1 Å². The summed E-state index contributed by atoms with van der Waals surface area (Å²) in [4.78, 5) is 31.9. The number of hydrogen-bond donors (Lipinski definition) is 1. The minimum absolute atomic E-state index is 0.0262. The van der Waals surface area contributed by atoms with Crippen LogP contribution in [0.1, 0.15) is 12.0 Å². The van der Waals surface area contributed by atoms with E-state index >= 15 is 0 Å². The average molecular weight is 508 g/mol. The van der Waals surface area contributed by atoms with Gasteiger partial charge in [-0.25, -0.2) is 9.38 Å². The molecule has 0 aromatic heterocycles. The number of aliphatic imine (C=N–C) groups is 1. The van der Waals surface area contributed by atoms with Gasteiger partial charge in [0.15, 0.2) is 16.7 Å². The number of thioether (sulfide) groups is 1. The van der Waals surface area contributed by atoms with E-state index in [1.807, 2.05) is 30.3 Å². The molecule has 0 unspecified atom stereocenters. The molecule has 1 aliphatic heterocycles. The van der Waals surface area contributed by atoms with E-state index in [0.717, 1.165) is 5.56 Å². The minimum Gasteiger partial charge on any atom is -0.493 e. The van der Waals surface area contributed by atoms with Crippen LogP contribution in [0.25, 0.3) is 0 Å². The molecule has 1 N–H and O–H groups in total. The second-order valence-corrected chi connectivity index (χ2v) is 9.17. The van der Waals surface area contributed by atoms with Crippen LogP contribution in [-0.2, 0) is 16.0 Å². The molecule has 1 saturated heterocycles. The van der Waals surface area contributed by atoms with Crippen molar-refractivity contribution in [3.05, 3.63) is 84.2 Å². The van der Waals surface area contributed by atoms with Crippen molar-refractivity contribution in [1.82, 2.24) is 4.90 Å². The molecule has 2 amide bonds. The fourth-order valence-electron chi connectivity index (χ4n) is 3.76. The van der Waals surface area contributed by atoms with Gasteiger partial charge in [0.25, 0.3) is 0 Å². The first-order valence-electron chi connectivity index (χ1n) is 11.4. The molecule has 3 aromatic rings. The molecule has 1 aliphatic rings. The molecule has 0 aliphatic carbocycles. The highest BCUT2D eigenvalue weighted by atomic mass is 32.2. The number of anilines is 1. The molecule has 0 saturated carbocycles. The zero-order valence-corrected chi connectivity index (χ0v) is 20.8. The number of halogens is 1. The van der Waals surface area contributed by atoms with Gasteiger partial charge >= 0.3 is 0 Å². The van der Waals surface area contributed by atoms with Crippen LogP contribution in [0.15, 0.2) is 77.8 Å². The van der Waals surface area contributed by atoms with Gasteiger partial charge in [0, 0.05) is 18.7 Å². The number of benzene rings is 3. The van der Waals surface area contributed by atoms with Crippen LogP contribution in [-0.4, -0.2) is 47.9 Å². The first-order valence-corrected chi connectivity index (χ1v) is 12.2. The van der Waals surface area contributed by atoms with Crippen LogP contribution in [0, 0.1) is 5.82 Å². The van der Waals surface area contributed by atoms with E-state index in [1.54, 1.807) is 50.6 Å². The van der Waals surface area contributed by atoms with Crippen molar-refractivity contribution in [1.29, 1.82) is 0 Å². The van der Waals surface area contributed by atoms with Crippen LogP contribution >= 0.6 is 11.8 Å². The van der Waals surface area contributed by atoms with E-state index in [-0.39, 0.29) is 23.9 Å². The van der Waals surface area contributed by atoms with E-state index in [2.05, 4.69) is 10.3 Å². The highest BCUT2D eigenvalue weighted by Crippen LogP contribution is 2.33. The quantitative estimate of drug-likeness (QED) is 0.439. The SMILES string of the molecule is COc1ccc(CCN2C(=O)[C@@H](CC(=O)Nc3ccccc3)SC2=Nc2ccccc2F)cc1OC. The third-order valence-corrected chi connectivity index (χ3v) is 6.76. The lowest BCUT2D eigenvalue weighted by Gasteiger charge is -2.17. The zero-order valence-electron chi connectivity index (χ0n) is 19.9. The number of para-hydroxylation sites is 2. The van der Waals surface area contributed by atoms with Gasteiger partial charge in [-0.1, -0.05) is 48.2 Å². The Kier molecular flexibility index (Phi) is 8.22. The molecule has 0 bridgehead atoms. The number of carbonyl (C=O) groups is 2. The predicted octanol–water partition coefficient (Wildman–Crippen LogP) is 5.05. The Labute approximate surface area is 213 Å². The lowest BCUT2D eigenvalue weighted by atomic mass is 10.1. The van der Waals surface area contributed by atoms with Gasteiger partial charge in [-0.2, -0.15) is 0 Å². The monoisotopic (exact) mass is 507 g/mol. The first-order chi connectivity index (χ1) is 17.5. The average Bonchev–Trinajstić information content (AvgIpc) is 3.17. The summed E-state index contributed by atoms with van der Waals surface area (Å²) in [5.41, 5.74) is 1.72. The number of carbonyl (C=O) groups excluding carboxylic acids is 2. The third kappa shape index (κ3) is 6.04. The van der Waals surface area contributed by atoms with Gasteiger partial charge in [0.1, 0.15) is 16.8 Å². The predicted molar refractivity (Wildman–Crippen MR) is 140 cm³/mol. The summed E-state index contributed by atoms with van der Waals surface area (Å²) in [5, 5.41) is 2.51. The smallest absolute Gasteiger partial charge is 0.242 e. The molecular weight excluding hydrogens is 481 g/mol. The summed E-state index contributed by atoms with van der Waals surface area (Å²) in [6.45, 7) is 0.311. The van der Waals surface area contributed by atoms with Crippen LogP contribution in [0.4, 0.5) is 15.8 Å². The second kappa shape index (κ2) is 11.7. The number of methoxy groups -OCH3 is 2. The van der Waals surface area contributed by atoms with Gasteiger partial charge in [-0.05, 0) is 48.4 Å². The van der Waals surface area contributed by atoms with Gasteiger partial charge < -0.3 is 14.8 Å². The summed E-state index contributed by atoms with van der Waals surface area (Å²) in [7, 11) is 3.13. The van der Waals surface area contributed by atoms with Gasteiger partial charge in [-0.3, -0.25) is 14.5 Å². The Morgan fingerprint density at radius 3 is 2.47 bits per heavy atom. The van der Waals surface area contributed by atoms with Gasteiger partial charge in [0.2, 0.25) is 11.8 Å². The van der Waals surface area contributed by atoms with Crippen LogP contribution in [0.2, 0.25) is 0 Å². The molecule has 3 aromatic carbocycles. The summed E-state index contributed by atoms with van der Waals surface area (Å²) in [6.07, 6.45) is 0.480. The molecule has 7 nitrogen and oxygen atoms in total. The van der Waals surface area contributed by atoms with Gasteiger partial charge in [0.05, 0.1) is 14.2 Å².